The lowest BCUT2D eigenvalue weighted by Gasteiger charge is -2.39. The van der Waals surface area contributed by atoms with E-state index in [4.69, 9.17) is 4.84 Å². The summed E-state index contributed by atoms with van der Waals surface area (Å²) in [6.07, 6.45) is 7.23. The van der Waals surface area contributed by atoms with Crippen molar-refractivity contribution < 1.29 is 9.63 Å². The van der Waals surface area contributed by atoms with Crippen LogP contribution in [0.4, 0.5) is 0 Å². The Morgan fingerprint density at radius 3 is 2.81 bits per heavy atom. The van der Waals surface area contributed by atoms with Gasteiger partial charge in [-0.05, 0) is 37.2 Å². The molecule has 1 heterocycles. The maximum Gasteiger partial charge on any atom is 0.260 e. The highest BCUT2D eigenvalue weighted by Crippen LogP contribution is 2.32. The van der Waals surface area contributed by atoms with Gasteiger partial charge in [0.05, 0.1) is 12.6 Å². The predicted octanol–water partition coefficient (Wildman–Crippen LogP) is 2.55. The van der Waals surface area contributed by atoms with Gasteiger partial charge < -0.3 is 5.32 Å². The molecule has 2 N–H and O–H groups in total. The van der Waals surface area contributed by atoms with Crippen LogP contribution < -0.4 is 10.8 Å². The van der Waals surface area contributed by atoms with Gasteiger partial charge in [-0.25, -0.2) is 5.48 Å². The molecule has 3 atom stereocenters. The second-order valence-corrected chi connectivity index (χ2v) is 6.19. The van der Waals surface area contributed by atoms with Gasteiger partial charge in [0.2, 0.25) is 0 Å². The Labute approximate surface area is 126 Å². The lowest BCUT2D eigenvalue weighted by Crippen LogP contribution is -2.54. The van der Waals surface area contributed by atoms with Gasteiger partial charge in [-0.2, -0.15) is 0 Å². The largest absolute Gasteiger partial charge is 0.303 e. The van der Waals surface area contributed by atoms with Crippen molar-refractivity contribution in [3.05, 3.63) is 35.9 Å². The van der Waals surface area contributed by atoms with Gasteiger partial charge in [0.1, 0.15) is 0 Å². The van der Waals surface area contributed by atoms with Crippen LogP contribution in [0.5, 0.6) is 0 Å². The van der Waals surface area contributed by atoms with Gasteiger partial charge >= 0.3 is 0 Å². The summed E-state index contributed by atoms with van der Waals surface area (Å²) in [5.41, 5.74) is 3.65. The van der Waals surface area contributed by atoms with Crippen molar-refractivity contribution >= 4 is 5.91 Å². The van der Waals surface area contributed by atoms with E-state index in [1.165, 1.54) is 25.7 Å². The molecule has 1 saturated heterocycles. The molecule has 4 nitrogen and oxygen atoms in total. The van der Waals surface area contributed by atoms with Crippen LogP contribution in [0.15, 0.2) is 30.3 Å². The Kier molecular flexibility index (Phi) is 4.88. The fourth-order valence-corrected chi connectivity index (χ4v) is 3.54. The van der Waals surface area contributed by atoms with Gasteiger partial charge in [-0.3, -0.25) is 9.63 Å². The highest BCUT2D eigenvalue weighted by molar-refractivity contribution is 5.80. The number of amides is 1. The number of hydrogen-bond acceptors (Lipinski definition) is 3. The molecule has 0 radical (unpaired) electrons. The van der Waals surface area contributed by atoms with E-state index in [0.29, 0.717) is 12.6 Å². The highest BCUT2D eigenvalue weighted by Gasteiger charge is 2.34. The Morgan fingerprint density at radius 1 is 1.14 bits per heavy atom. The first-order valence-corrected chi connectivity index (χ1v) is 8.04. The maximum atomic E-state index is 12.2. The Bertz CT molecular complexity index is 463. The van der Waals surface area contributed by atoms with Crippen molar-refractivity contribution in [3.63, 3.8) is 0 Å². The summed E-state index contributed by atoms with van der Waals surface area (Å²) in [5, 5.41) is 3.51. The van der Waals surface area contributed by atoms with Gasteiger partial charge in [0.15, 0.2) is 0 Å². The van der Waals surface area contributed by atoms with Gasteiger partial charge in [-0.1, -0.05) is 43.2 Å². The van der Waals surface area contributed by atoms with Crippen LogP contribution in [0.3, 0.4) is 0 Å². The zero-order valence-electron chi connectivity index (χ0n) is 12.4. The van der Waals surface area contributed by atoms with Crippen LogP contribution in [-0.2, 0) is 16.2 Å². The van der Waals surface area contributed by atoms with Gasteiger partial charge in [-0.15, -0.1) is 0 Å². The molecule has 2 fully saturated rings. The maximum absolute atomic E-state index is 12.2. The monoisotopic (exact) mass is 288 g/mol. The van der Waals surface area contributed by atoms with E-state index in [9.17, 15) is 4.79 Å². The van der Waals surface area contributed by atoms with Crippen LogP contribution >= 0.6 is 0 Å². The van der Waals surface area contributed by atoms with E-state index < -0.39 is 0 Å². The normalized spacial score (nSPS) is 28.7. The van der Waals surface area contributed by atoms with Crippen molar-refractivity contribution in [2.45, 2.75) is 57.2 Å². The molecule has 1 amide bonds. The first-order valence-electron chi connectivity index (χ1n) is 8.04. The number of carbonyl (C=O) groups excluding carboxylic acids is 1. The Hall–Kier alpha value is -1.39. The fraction of sp³-hybridized carbons (Fsp3) is 0.588. The topological polar surface area (TPSA) is 50.4 Å². The average Bonchev–Trinajstić information content (AvgIpc) is 2.55. The zero-order chi connectivity index (χ0) is 14.5. The summed E-state index contributed by atoms with van der Waals surface area (Å²) in [6.45, 7) is 0.408. The number of hydroxylamine groups is 1. The molecule has 0 spiro atoms. The molecule has 114 valence electrons. The summed E-state index contributed by atoms with van der Waals surface area (Å²) in [7, 11) is 0. The smallest absolute Gasteiger partial charge is 0.260 e. The summed E-state index contributed by atoms with van der Waals surface area (Å²) in [4.78, 5) is 17.5. The molecule has 3 unspecified atom stereocenters. The van der Waals surface area contributed by atoms with Crippen LogP contribution in [0.1, 0.15) is 44.1 Å². The first kappa shape index (κ1) is 14.5. The third-order valence-electron chi connectivity index (χ3n) is 4.72. The minimum atomic E-state index is -0.0971. The number of benzene rings is 1. The van der Waals surface area contributed by atoms with Crippen LogP contribution in [-0.4, -0.2) is 18.0 Å². The summed E-state index contributed by atoms with van der Waals surface area (Å²) in [5.74, 6) is 0.739. The molecule has 1 aliphatic heterocycles. The molecule has 1 saturated carbocycles. The van der Waals surface area contributed by atoms with Crippen LogP contribution in [0.25, 0.3) is 0 Å². The Morgan fingerprint density at radius 2 is 1.95 bits per heavy atom. The predicted molar refractivity (Wildman–Crippen MR) is 81.3 cm³/mol. The highest BCUT2D eigenvalue weighted by atomic mass is 16.6. The van der Waals surface area contributed by atoms with E-state index in [0.717, 1.165) is 24.3 Å². The number of rotatable bonds is 4. The van der Waals surface area contributed by atoms with E-state index in [1.807, 2.05) is 30.3 Å². The second kappa shape index (κ2) is 7.05. The summed E-state index contributed by atoms with van der Waals surface area (Å²) >= 11 is 0. The van der Waals surface area contributed by atoms with E-state index in [1.54, 1.807) is 0 Å². The molecular formula is C17H24N2O2. The Balaban J connectivity index is 1.43. The molecule has 0 bridgehead atoms. The fourth-order valence-electron chi connectivity index (χ4n) is 3.54. The molecule has 1 aromatic carbocycles. The van der Waals surface area contributed by atoms with E-state index >= 15 is 0 Å². The third kappa shape index (κ3) is 3.83. The molecule has 0 aromatic heterocycles. The summed E-state index contributed by atoms with van der Waals surface area (Å²) < 4.78 is 0. The summed E-state index contributed by atoms with van der Waals surface area (Å²) in [6, 6.07) is 10.3. The van der Waals surface area contributed by atoms with Crippen molar-refractivity contribution in [1.29, 1.82) is 0 Å². The van der Waals surface area contributed by atoms with Crippen molar-refractivity contribution in [1.82, 2.24) is 10.8 Å². The van der Waals surface area contributed by atoms with E-state index in [-0.39, 0.29) is 11.9 Å². The molecule has 3 rings (SSSR count). The number of piperidine rings is 1. The number of nitrogens with one attached hydrogen (secondary N) is 2. The first-order chi connectivity index (χ1) is 10.3. The number of carbonyl (C=O) groups is 1. The molecular weight excluding hydrogens is 264 g/mol. The third-order valence-corrected chi connectivity index (χ3v) is 4.72. The zero-order valence-corrected chi connectivity index (χ0v) is 12.4. The standard InChI is InChI=1S/C17H24N2O2/c20-17(19-21-12-13-6-2-1-3-7-13)16-11-10-14-8-4-5-9-15(14)18-16/h1-3,6-7,14-16,18H,4-5,8-12H2,(H,19,20). The molecule has 1 aliphatic carbocycles. The van der Waals surface area contributed by atoms with Crippen LogP contribution in [0, 0.1) is 5.92 Å². The molecule has 21 heavy (non-hydrogen) atoms. The molecule has 2 aliphatic rings. The quantitative estimate of drug-likeness (QED) is 0.837. The number of fused-ring (bicyclic) bond motifs is 1. The average molecular weight is 288 g/mol. The van der Waals surface area contributed by atoms with Gasteiger partial charge in [0, 0.05) is 6.04 Å². The van der Waals surface area contributed by atoms with Gasteiger partial charge in [0.25, 0.3) is 5.91 Å². The minimum Gasteiger partial charge on any atom is -0.303 e. The van der Waals surface area contributed by atoms with Crippen molar-refractivity contribution in [2.24, 2.45) is 5.92 Å². The lowest BCUT2D eigenvalue weighted by atomic mass is 9.78. The van der Waals surface area contributed by atoms with Crippen molar-refractivity contribution in [3.8, 4) is 0 Å². The molecule has 4 heteroatoms. The van der Waals surface area contributed by atoms with Crippen LogP contribution in [0.2, 0.25) is 0 Å². The second-order valence-electron chi connectivity index (χ2n) is 6.19. The van der Waals surface area contributed by atoms with E-state index in [2.05, 4.69) is 10.8 Å². The lowest BCUT2D eigenvalue weighted by molar-refractivity contribution is -0.138. The number of hydrogen-bond donors (Lipinski definition) is 2. The molecule has 1 aromatic rings. The SMILES string of the molecule is O=C(NOCc1ccccc1)C1CCC2CCCCC2N1. The minimum absolute atomic E-state index is 0.0324. The van der Waals surface area contributed by atoms with Crippen molar-refractivity contribution in [2.75, 3.05) is 0 Å².